The van der Waals surface area contributed by atoms with Crippen molar-refractivity contribution in [3.8, 4) is 5.75 Å². The summed E-state index contributed by atoms with van der Waals surface area (Å²) in [7, 11) is 2.69. The molecule has 3 aliphatic rings. The van der Waals surface area contributed by atoms with E-state index in [9.17, 15) is 73.2 Å². The topological polar surface area (TPSA) is 403 Å². The average molecular weight is 1410 g/mol. The van der Waals surface area contributed by atoms with Crippen LogP contribution in [0.4, 0.5) is 0 Å². The first-order chi connectivity index (χ1) is 45.9. The first-order valence-corrected chi connectivity index (χ1v) is 33.3. The Balaban J connectivity index is 0.0000204. The molecule has 0 bridgehead atoms. The van der Waals surface area contributed by atoms with E-state index in [0.29, 0.717) is 34.9 Å². The van der Waals surface area contributed by atoms with Crippen molar-refractivity contribution in [1.29, 1.82) is 0 Å². The normalized spacial score (nSPS) is 24.0. The third-order valence-corrected chi connectivity index (χ3v) is 17.3. The second-order valence-corrected chi connectivity index (χ2v) is 26.6. The van der Waals surface area contributed by atoms with E-state index in [1.807, 2.05) is 27.7 Å². The number of halogens is 1. The number of carboxylic acid groups (broad SMARTS) is 1. The van der Waals surface area contributed by atoms with Crippen LogP contribution in [0.2, 0.25) is 5.02 Å². The summed E-state index contributed by atoms with van der Waals surface area (Å²) in [6.45, 7) is 13.3. The molecule has 2 aromatic rings. The van der Waals surface area contributed by atoms with E-state index in [0.717, 1.165) is 5.56 Å². The van der Waals surface area contributed by atoms with E-state index in [-0.39, 0.29) is 125 Å². The zero-order chi connectivity index (χ0) is 71.8. The Morgan fingerprint density at radius 3 is 2.11 bits per heavy atom. The number of methoxy groups -OCH3 is 2. The second kappa shape index (κ2) is 40.6. The van der Waals surface area contributed by atoms with Crippen LogP contribution in [0.25, 0.3) is 0 Å². The van der Waals surface area contributed by atoms with Crippen molar-refractivity contribution >= 4 is 76.6 Å². The molecule has 0 spiro atoms. The van der Waals surface area contributed by atoms with Gasteiger partial charge in [-0.25, -0.2) is 4.79 Å². The summed E-state index contributed by atoms with van der Waals surface area (Å²) in [4.78, 5) is 149. The van der Waals surface area contributed by atoms with E-state index >= 15 is 0 Å². The fourth-order valence-corrected chi connectivity index (χ4v) is 11.3. The maximum absolute atomic E-state index is 14.3. The number of nitrogens with one attached hydrogen (secondary N) is 6. The number of carboxylic acids is 1. The molecule has 0 aromatic heterocycles. The van der Waals surface area contributed by atoms with Crippen LogP contribution in [-0.4, -0.2) is 198 Å². The molecule has 0 aliphatic carbocycles. The smallest absolute Gasteiger partial charge is 0.495 e. The van der Waals surface area contributed by atoms with Gasteiger partial charge in [-0.15, -0.1) is 0 Å². The number of nitrogens with zero attached hydrogens (tertiary/aromatic N) is 1. The van der Waals surface area contributed by atoms with Crippen LogP contribution in [0.3, 0.4) is 0 Å². The number of esters is 2. The number of hydrogen-bond acceptors (Lipinski definition) is 20. The quantitative estimate of drug-likeness (QED) is 0.0251. The standard InChI is InChI=1S/C68H98ClN7O21.Na/c1-11-27-70-51(78)23-24-55(82)76(29-26-56(83)84)28-25-54(81)75-57(38(4)5)46(77)33-43(20-22-52(79)71-35-50-58(85)59(86)60(87)66(93-10)95-50)63(88)72-34-40-15-18-42(19-16-40)62-61(97-62)39(6)47-13-12-14-53(80)74-45(32-41-17-21-48(92-9)44(69)31-41)64(89)73-36-68(7,8)67(91)96-49(30-37(2)3)65(90)94-47;/h12,14-19,21,31,37-39,43,45,47,49-50,57-62,66,85-87H,11,13,20,22-30,32-36H2,1-10H3,(H,70,78)(H,71,79)(H,72,88)(H,73,89)(H,74,80)(H,75,81)(H,83,84);/q;+1/b14-12+;/t39-,43+,45+,47-,49-,50+,57-,58+,59-,60+,61+,62+,66+;/m0./s1. The van der Waals surface area contributed by atoms with Gasteiger partial charge in [0.25, 0.3) is 0 Å². The minimum atomic E-state index is -1.65. The van der Waals surface area contributed by atoms with Crippen molar-refractivity contribution < 1.29 is 131 Å². The van der Waals surface area contributed by atoms with E-state index in [1.54, 1.807) is 70.2 Å². The van der Waals surface area contributed by atoms with Gasteiger partial charge in [0.05, 0.1) is 36.1 Å². The predicted octanol–water partition coefficient (Wildman–Crippen LogP) is -0.189. The Bertz CT molecular complexity index is 3080. The molecule has 3 aliphatic heterocycles. The Kier molecular flexibility index (Phi) is 34.7. The van der Waals surface area contributed by atoms with Gasteiger partial charge in [-0.05, 0) is 79.8 Å². The summed E-state index contributed by atoms with van der Waals surface area (Å²) in [5, 5.41) is 57.1. The molecule has 3 heterocycles. The number of epoxide rings is 1. The third kappa shape index (κ3) is 26.5. The number of carbonyl (C=O) groups is 11. The summed E-state index contributed by atoms with van der Waals surface area (Å²) in [5.74, 6) is -9.15. The van der Waals surface area contributed by atoms with Gasteiger partial charge in [-0.1, -0.05) is 89.6 Å². The minimum Gasteiger partial charge on any atom is -0.495 e. The molecule has 7 amide bonds. The van der Waals surface area contributed by atoms with Crippen molar-refractivity contribution in [2.75, 3.05) is 46.9 Å². The summed E-state index contributed by atoms with van der Waals surface area (Å²) < 4.78 is 34.1. The summed E-state index contributed by atoms with van der Waals surface area (Å²) in [6, 6.07) is 9.80. The number of amides is 7. The Hall–Kier alpha value is -6.60. The second-order valence-electron chi connectivity index (χ2n) is 26.2. The SMILES string of the molecule is CCCNC(=O)CCC(=O)N(CCC(=O)O)CCC(=O)N[C@H](C(=O)C[C@@H](CCC(=O)NC[C@H]1O[C@@H](OC)[C@H](O)[C@@H](O)[C@@H]1O)C(=O)NCc1ccc([C@H]2O[C@@H]2[C@@H](C)[C@@H]2C/C=C/C(=O)N[C@H](Cc3ccc(OC)c(Cl)c3)C(=O)NCC(C)(C)C(=O)O[C@@H](CC(C)C)C(=O)O2)cc1)C(C)C.[Na+]. The molecular weight excluding hydrogens is 1310 g/mol. The fourth-order valence-electron chi connectivity index (χ4n) is 11.0. The molecule has 98 heavy (non-hydrogen) atoms. The van der Waals surface area contributed by atoms with Crippen LogP contribution in [0.15, 0.2) is 54.6 Å². The van der Waals surface area contributed by atoms with E-state index in [1.165, 1.54) is 31.3 Å². The Labute approximate surface area is 599 Å². The van der Waals surface area contributed by atoms with Crippen LogP contribution in [0, 0.1) is 29.1 Å². The van der Waals surface area contributed by atoms with Gasteiger partial charge >= 0.3 is 47.5 Å². The summed E-state index contributed by atoms with van der Waals surface area (Å²) in [6.07, 6.45) is -9.00. The van der Waals surface area contributed by atoms with E-state index in [4.69, 9.17) is 40.0 Å². The van der Waals surface area contributed by atoms with Crippen LogP contribution in [-0.2, 0) is 89.4 Å². The number of aliphatic carboxylic acids is 1. The Morgan fingerprint density at radius 1 is 0.806 bits per heavy atom. The summed E-state index contributed by atoms with van der Waals surface area (Å²) >= 11 is 6.40. The molecule has 2 fully saturated rings. The number of ketones is 1. The van der Waals surface area contributed by atoms with Gasteiger partial charge in [0, 0.05) is 103 Å². The average Bonchev–Trinajstić information content (AvgIpc) is 1.61. The predicted molar refractivity (Wildman–Crippen MR) is 350 cm³/mol. The van der Waals surface area contributed by atoms with Crippen molar-refractivity contribution in [3.05, 3.63) is 76.3 Å². The number of ether oxygens (including phenoxy) is 6. The Morgan fingerprint density at radius 2 is 1.48 bits per heavy atom. The molecule has 538 valence electrons. The number of aliphatic hydroxyl groups is 3. The molecule has 0 radical (unpaired) electrons. The van der Waals surface area contributed by atoms with E-state index < -0.39 is 162 Å². The number of carbonyl (C=O) groups excluding carboxylic acids is 10. The third-order valence-electron chi connectivity index (χ3n) is 17.0. The van der Waals surface area contributed by atoms with Gasteiger partial charge < -0.3 is 85.6 Å². The molecule has 5 rings (SSSR count). The van der Waals surface area contributed by atoms with Gasteiger partial charge in [0.15, 0.2) is 18.2 Å². The van der Waals surface area contributed by atoms with E-state index in [2.05, 4.69) is 31.9 Å². The van der Waals surface area contributed by atoms with Gasteiger partial charge in [0.1, 0.15) is 48.4 Å². The molecule has 0 saturated carbocycles. The zero-order valence-electron chi connectivity index (χ0n) is 57.9. The molecule has 30 heteroatoms. The number of benzene rings is 2. The maximum atomic E-state index is 14.3. The van der Waals surface area contributed by atoms with Gasteiger partial charge in [-0.2, -0.15) is 0 Å². The van der Waals surface area contributed by atoms with Crippen molar-refractivity contribution in [2.45, 2.75) is 200 Å². The number of hydrogen-bond donors (Lipinski definition) is 10. The van der Waals surface area contributed by atoms with Crippen LogP contribution in [0.5, 0.6) is 5.75 Å². The first kappa shape index (κ1) is 83.8. The van der Waals surface area contributed by atoms with Crippen LogP contribution < -0.4 is 66.2 Å². The minimum absolute atomic E-state index is 0. The number of cyclic esters (lactones) is 2. The summed E-state index contributed by atoms with van der Waals surface area (Å²) in [5.41, 5.74) is 0.642. The zero-order valence-corrected chi connectivity index (χ0v) is 60.7. The van der Waals surface area contributed by atoms with Crippen LogP contribution >= 0.6 is 11.6 Å². The van der Waals surface area contributed by atoms with Crippen molar-refractivity contribution in [2.24, 2.45) is 29.1 Å². The van der Waals surface area contributed by atoms with Crippen LogP contribution in [0.1, 0.15) is 142 Å². The molecule has 2 aromatic carbocycles. The van der Waals surface area contributed by atoms with Gasteiger partial charge in [0.2, 0.25) is 41.4 Å². The monoisotopic (exact) mass is 1410 g/mol. The number of Topliss-reactive ketones (excluding diaryl/α,β-unsaturated/α-hetero) is 1. The largest absolute Gasteiger partial charge is 1.00 e. The fraction of sp³-hybridized carbons (Fsp3) is 0.632. The molecule has 13 atom stereocenters. The number of aliphatic hydroxyl groups excluding tert-OH is 3. The maximum Gasteiger partial charge on any atom is 1.00 e. The molecular formula is C68H98ClN7NaO21+. The molecule has 0 unspecified atom stereocenters. The first-order valence-electron chi connectivity index (χ1n) is 32.9. The van der Waals surface area contributed by atoms with Crippen molar-refractivity contribution in [1.82, 2.24) is 36.8 Å². The van der Waals surface area contributed by atoms with Crippen molar-refractivity contribution in [3.63, 3.8) is 0 Å². The number of rotatable bonds is 33. The molecule has 10 N–H and O–H groups in total. The van der Waals surface area contributed by atoms with Gasteiger partial charge in [-0.3, -0.25) is 47.9 Å². The molecule has 2 saturated heterocycles. The molecule has 28 nitrogen and oxygen atoms in total.